The van der Waals surface area contributed by atoms with E-state index in [1.165, 1.54) is 5.56 Å². The van der Waals surface area contributed by atoms with Crippen molar-refractivity contribution < 1.29 is 8.42 Å². The molecule has 0 fully saturated rings. The van der Waals surface area contributed by atoms with Crippen molar-refractivity contribution in [1.82, 2.24) is 14.5 Å². The Hall–Kier alpha value is -0.950. The molecule has 1 heterocycles. The summed E-state index contributed by atoms with van der Waals surface area (Å²) >= 11 is 0. The van der Waals surface area contributed by atoms with Gasteiger partial charge >= 0.3 is 0 Å². The van der Waals surface area contributed by atoms with E-state index in [0.717, 1.165) is 51.1 Å². The van der Waals surface area contributed by atoms with Crippen LogP contribution < -0.4 is 4.72 Å². The number of hydrogen-bond donors (Lipinski definition) is 1. The number of nitrogens with one attached hydrogen (secondary N) is 1. The van der Waals surface area contributed by atoms with Gasteiger partial charge in [0.25, 0.3) is 0 Å². The van der Waals surface area contributed by atoms with E-state index >= 15 is 0 Å². The van der Waals surface area contributed by atoms with Gasteiger partial charge in [-0.05, 0) is 69.6 Å². The van der Waals surface area contributed by atoms with Crippen LogP contribution in [0.3, 0.4) is 0 Å². The molecule has 0 spiro atoms. The van der Waals surface area contributed by atoms with Gasteiger partial charge in [-0.2, -0.15) is 0 Å². The maximum atomic E-state index is 12.6. The molecule has 1 N–H and O–H groups in total. The molecule has 2 rings (SSSR count). The van der Waals surface area contributed by atoms with Gasteiger partial charge in [-0.1, -0.05) is 19.9 Å². The van der Waals surface area contributed by atoms with Gasteiger partial charge in [0.1, 0.15) is 0 Å². The van der Waals surface area contributed by atoms with Gasteiger partial charge in [-0.25, -0.2) is 13.1 Å². The number of hydrogen-bond acceptors (Lipinski definition) is 4. The van der Waals surface area contributed by atoms with Crippen LogP contribution in [0.4, 0.5) is 0 Å². The Morgan fingerprint density at radius 3 is 2.56 bits per heavy atom. The van der Waals surface area contributed by atoms with Crippen molar-refractivity contribution in [2.45, 2.75) is 58.0 Å². The first-order valence-corrected chi connectivity index (χ1v) is 10.9. The van der Waals surface area contributed by atoms with Crippen molar-refractivity contribution in [3.8, 4) is 0 Å². The monoisotopic (exact) mass is 367 g/mol. The third kappa shape index (κ3) is 5.51. The summed E-state index contributed by atoms with van der Waals surface area (Å²) in [6, 6.07) is 6.07. The van der Waals surface area contributed by atoms with Crippen LogP contribution in [0.15, 0.2) is 23.1 Å². The zero-order valence-corrected chi connectivity index (χ0v) is 16.9. The summed E-state index contributed by atoms with van der Waals surface area (Å²) in [5, 5.41) is 0. The summed E-state index contributed by atoms with van der Waals surface area (Å²) < 4.78 is 27.9. The second-order valence-electron chi connectivity index (χ2n) is 7.02. The smallest absolute Gasteiger partial charge is 0.240 e. The fourth-order valence-electron chi connectivity index (χ4n) is 3.30. The molecule has 142 valence electrons. The predicted octanol–water partition coefficient (Wildman–Crippen LogP) is 2.46. The molecule has 0 saturated heterocycles. The molecular formula is C19H33N3O2S. The van der Waals surface area contributed by atoms with Crippen LogP contribution in [-0.2, 0) is 23.0 Å². The van der Waals surface area contributed by atoms with E-state index in [4.69, 9.17) is 0 Å². The first kappa shape index (κ1) is 20.4. The second kappa shape index (κ2) is 9.12. The van der Waals surface area contributed by atoms with Crippen LogP contribution in [0.2, 0.25) is 0 Å². The van der Waals surface area contributed by atoms with E-state index in [2.05, 4.69) is 42.2 Å². The topological polar surface area (TPSA) is 52.7 Å². The second-order valence-corrected chi connectivity index (χ2v) is 8.79. The largest absolute Gasteiger partial charge is 0.304 e. The van der Waals surface area contributed by atoms with Gasteiger partial charge in [-0.3, -0.25) is 4.90 Å². The minimum absolute atomic E-state index is 0.389. The SMILES string of the molecule is CCN(CC)CCCNS(=O)(=O)c1ccc2c(c1)CN(C(C)C)CC2. The number of nitrogens with zero attached hydrogens (tertiary/aromatic N) is 2. The molecule has 1 aromatic rings. The molecule has 0 atom stereocenters. The highest BCUT2D eigenvalue weighted by atomic mass is 32.2. The lowest BCUT2D eigenvalue weighted by atomic mass is 9.99. The Balaban J connectivity index is 1.99. The van der Waals surface area contributed by atoms with Crippen molar-refractivity contribution in [3.05, 3.63) is 29.3 Å². The van der Waals surface area contributed by atoms with Gasteiger partial charge in [0, 0.05) is 25.7 Å². The van der Waals surface area contributed by atoms with E-state index in [1.807, 2.05) is 12.1 Å². The summed E-state index contributed by atoms with van der Waals surface area (Å²) in [4.78, 5) is 5.07. The molecule has 1 aromatic carbocycles. The Morgan fingerprint density at radius 2 is 1.92 bits per heavy atom. The lowest BCUT2D eigenvalue weighted by Gasteiger charge is -2.32. The molecule has 0 radical (unpaired) electrons. The highest BCUT2D eigenvalue weighted by Gasteiger charge is 2.21. The average molecular weight is 368 g/mol. The quantitative estimate of drug-likeness (QED) is 0.681. The van der Waals surface area contributed by atoms with Crippen LogP contribution >= 0.6 is 0 Å². The minimum Gasteiger partial charge on any atom is -0.304 e. The fraction of sp³-hybridized carbons (Fsp3) is 0.684. The third-order valence-electron chi connectivity index (χ3n) is 5.10. The molecule has 0 unspecified atom stereocenters. The Kier molecular flexibility index (Phi) is 7.43. The van der Waals surface area contributed by atoms with Crippen LogP contribution in [0, 0.1) is 0 Å². The van der Waals surface area contributed by atoms with Crippen LogP contribution in [0.5, 0.6) is 0 Å². The summed E-state index contributed by atoms with van der Waals surface area (Å²) in [7, 11) is -3.43. The first-order chi connectivity index (χ1) is 11.9. The Labute approximate surface area is 153 Å². The van der Waals surface area contributed by atoms with Crippen LogP contribution in [-0.4, -0.2) is 57.0 Å². The molecule has 0 bridgehead atoms. The maximum absolute atomic E-state index is 12.6. The van der Waals surface area contributed by atoms with Gasteiger partial charge in [0.05, 0.1) is 4.90 Å². The Bertz CT molecular complexity index is 655. The lowest BCUT2D eigenvalue weighted by molar-refractivity contribution is 0.203. The highest BCUT2D eigenvalue weighted by molar-refractivity contribution is 7.89. The van der Waals surface area contributed by atoms with Gasteiger partial charge in [-0.15, -0.1) is 0 Å². The molecule has 1 aliphatic rings. The van der Waals surface area contributed by atoms with Gasteiger partial charge in [0.15, 0.2) is 0 Å². The maximum Gasteiger partial charge on any atom is 0.240 e. The zero-order valence-electron chi connectivity index (χ0n) is 16.1. The van der Waals surface area contributed by atoms with Crippen LogP contribution in [0.1, 0.15) is 45.2 Å². The van der Waals surface area contributed by atoms with Crippen molar-refractivity contribution in [3.63, 3.8) is 0 Å². The van der Waals surface area contributed by atoms with E-state index in [9.17, 15) is 8.42 Å². The van der Waals surface area contributed by atoms with Crippen molar-refractivity contribution >= 4 is 10.0 Å². The van der Waals surface area contributed by atoms with Crippen molar-refractivity contribution in [2.75, 3.05) is 32.7 Å². The molecule has 0 amide bonds. The number of rotatable bonds is 9. The van der Waals surface area contributed by atoms with Gasteiger partial charge < -0.3 is 4.90 Å². The molecule has 25 heavy (non-hydrogen) atoms. The van der Waals surface area contributed by atoms with Crippen molar-refractivity contribution in [2.24, 2.45) is 0 Å². The van der Waals surface area contributed by atoms with E-state index in [-0.39, 0.29) is 0 Å². The number of fused-ring (bicyclic) bond motifs is 1. The fourth-order valence-corrected chi connectivity index (χ4v) is 4.42. The molecule has 0 aromatic heterocycles. The van der Waals surface area contributed by atoms with Crippen LogP contribution in [0.25, 0.3) is 0 Å². The molecule has 1 aliphatic heterocycles. The summed E-state index contributed by atoms with van der Waals surface area (Å²) in [5.74, 6) is 0. The van der Waals surface area contributed by atoms with Crippen molar-refractivity contribution in [1.29, 1.82) is 0 Å². The minimum atomic E-state index is -3.43. The Morgan fingerprint density at radius 1 is 1.20 bits per heavy atom. The molecule has 0 saturated carbocycles. The molecule has 6 heteroatoms. The molecule has 0 aliphatic carbocycles. The molecular weight excluding hydrogens is 334 g/mol. The summed E-state index contributed by atoms with van der Waals surface area (Å²) in [6.45, 7) is 13.9. The average Bonchev–Trinajstić information content (AvgIpc) is 2.60. The standard InChI is InChI=1S/C19H33N3O2S/c1-5-21(6-2)12-7-11-20-25(23,24)19-9-8-17-10-13-22(16(3)4)15-18(17)14-19/h8-9,14,16,20H,5-7,10-13,15H2,1-4H3. The normalized spacial score (nSPS) is 15.8. The molecule has 5 nitrogen and oxygen atoms in total. The van der Waals surface area contributed by atoms with Gasteiger partial charge in [0.2, 0.25) is 10.0 Å². The zero-order chi connectivity index (χ0) is 18.4. The summed E-state index contributed by atoms with van der Waals surface area (Å²) in [5.41, 5.74) is 2.42. The third-order valence-corrected chi connectivity index (χ3v) is 6.56. The van der Waals surface area contributed by atoms with E-state index < -0.39 is 10.0 Å². The number of benzene rings is 1. The summed E-state index contributed by atoms with van der Waals surface area (Å²) in [6.07, 6.45) is 1.82. The predicted molar refractivity (Wildman–Crippen MR) is 103 cm³/mol. The van der Waals surface area contributed by atoms with E-state index in [0.29, 0.717) is 17.5 Å². The first-order valence-electron chi connectivity index (χ1n) is 9.45. The van der Waals surface area contributed by atoms with E-state index in [1.54, 1.807) is 6.07 Å². The highest BCUT2D eigenvalue weighted by Crippen LogP contribution is 2.23. The number of sulfonamides is 1. The lowest BCUT2D eigenvalue weighted by Crippen LogP contribution is -2.36.